The molecule has 0 saturated carbocycles. The van der Waals surface area contributed by atoms with Crippen LogP contribution in [0.15, 0.2) is 10.9 Å². The van der Waals surface area contributed by atoms with E-state index in [1.165, 1.54) is 18.5 Å². The molecule has 0 aliphatic heterocycles. The highest BCUT2D eigenvalue weighted by molar-refractivity contribution is 7.07. The zero-order valence-corrected chi connectivity index (χ0v) is 8.03. The Labute approximate surface area is 72.5 Å². The van der Waals surface area contributed by atoms with Gasteiger partial charge < -0.3 is 0 Å². The summed E-state index contributed by atoms with van der Waals surface area (Å²) in [5.74, 6) is 0.794. The molecule has 0 aromatic carbocycles. The summed E-state index contributed by atoms with van der Waals surface area (Å²) < 4.78 is 0. The molecule has 1 nitrogen and oxygen atoms in total. The standard InChI is InChI=1S/C9H15NS/c1-3-4-8(2)5-9-6-11-7-10-9/h6-8H,3-5H2,1-2H3. The average molecular weight is 169 g/mol. The van der Waals surface area contributed by atoms with Gasteiger partial charge in [0.1, 0.15) is 0 Å². The van der Waals surface area contributed by atoms with Crippen molar-refractivity contribution < 1.29 is 0 Å². The van der Waals surface area contributed by atoms with Gasteiger partial charge >= 0.3 is 0 Å². The van der Waals surface area contributed by atoms with Gasteiger partial charge in [-0.1, -0.05) is 26.7 Å². The highest BCUT2D eigenvalue weighted by Crippen LogP contribution is 2.12. The van der Waals surface area contributed by atoms with E-state index in [0.717, 1.165) is 12.3 Å². The van der Waals surface area contributed by atoms with Gasteiger partial charge in [0.2, 0.25) is 0 Å². The molecule has 0 amide bonds. The molecule has 1 unspecified atom stereocenters. The van der Waals surface area contributed by atoms with Gasteiger partial charge in [-0.25, -0.2) is 4.98 Å². The second-order valence-electron chi connectivity index (χ2n) is 3.08. The minimum Gasteiger partial charge on any atom is -0.250 e. The maximum Gasteiger partial charge on any atom is 0.0794 e. The molecular formula is C9H15NS. The SMILES string of the molecule is CCCC(C)Cc1cscn1. The van der Waals surface area contributed by atoms with Crippen molar-refractivity contribution in [3.8, 4) is 0 Å². The van der Waals surface area contributed by atoms with E-state index < -0.39 is 0 Å². The van der Waals surface area contributed by atoms with Crippen molar-refractivity contribution in [3.05, 3.63) is 16.6 Å². The molecule has 62 valence electrons. The molecule has 11 heavy (non-hydrogen) atoms. The maximum atomic E-state index is 4.26. The van der Waals surface area contributed by atoms with E-state index in [1.54, 1.807) is 11.3 Å². The van der Waals surface area contributed by atoms with Gasteiger partial charge in [-0.05, 0) is 12.3 Å². The summed E-state index contributed by atoms with van der Waals surface area (Å²) >= 11 is 1.69. The summed E-state index contributed by atoms with van der Waals surface area (Å²) in [7, 11) is 0. The van der Waals surface area contributed by atoms with E-state index in [0.29, 0.717) is 0 Å². The zero-order chi connectivity index (χ0) is 8.10. The van der Waals surface area contributed by atoms with Crippen LogP contribution in [0.1, 0.15) is 32.4 Å². The normalized spacial score (nSPS) is 13.3. The topological polar surface area (TPSA) is 12.9 Å². The van der Waals surface area contributed by atoms with Crippen molar-refractivity contribution in [1.82, 2.24) is 4.98 Å². The first-order valence-electron chi connectivity index (χ1n) is 4.20. The molecule has 1 aromatic rings. The molecule has 1 heterocycles. The maximum absolute atomic E-state index is 4.26. The molecular weight excluding hydrogens is 154 g/mol. The number of hydrogen-bond donors (Lipinski definition) is 0. The fourth-order valence-electron chi connectivity index (χ4n) is 1.29. The Balaban J connectivity index is 2.31. The molecule has 0 saturated heterocycles. The van der Waals surface area contributed by atoms with Crippen LogP contribution >= 0.6 is 11.3 Å². The van der Waals surface area contributed by atoms with Gasteiger partial charge in [0.05, 0.1) is 11.2 Å². The van der Waals surface area contributed by atoms with Crippen LogP contribution in [0.3, 0.4) is 0 Å². The molecule has 0 fully saturated rings. The average Bonchev–Trinajstić information content (AvgIpc) is 2.40. The van der Waals surface area contributed by atoms with E-state index in [4.69, 9.17) is 0 Å². The third kappa shape index (κ3) is 3.02. The van der Waals surface area contributed by atoms with E-state index in [-0.39, 0.29) is 0 Å². The molecule has 0 aliphatic rings. The fourth-order valence-corrected chi connectivity index (χ4v) is 1.86. The van der Waals surface area contributed by atoms with Gasteiger partial charge in [0.15, 0.2) is 0 Å². The molecule has 0 aliphatic carbocycles. The van der Waals surface area contributed by atoms with Crippen LogP contribution in [-0.2, 0) is 6.42 Å². The summed E-state index contributed by atoms with van der Waals surface area (Å²) in [6.45, 7) is 4.53. The Morgan fingerprint density at radius 2 is 2.45 bits per heavy atom. The molecule has 0 N–H and O–H groups in total. The Morgan fingerprint density at radius 1 is 1.64 bits per heavy atom. The van der Waals surface area contributed by atoms with Crippen molar-refractivity contribution in [2.24, 2.45) is 5.92 Å². The number of thiazole rings is 1. The van der Waals surface area contributed by atoms with Gasteiger partial charge in [-0.15, -0.1) is 11.3 Å². The monoisotopic (exact) mass is 169 g/mol. The summed E-state index contributed by atoms with van der Waals surface area (Å²) in [6, 6.07) is 0. The van der Waals surface area contributed by atoms with Crippen molar-refractivity contribution in [2.45, 2.75) is 33.1 Å². The lowest BCUT2D eigenvalue weighted by molar-refractivity contribution is 0.518. The lowest BCUT2D eigenvalue weighted by Gasteiger charge is -2.06. The largest absolute Gasteiger partial charge is 0.250 e. The second-order valence-corrected chi connectivity index (χ2v) is 3.80. The Hall–Kier alpha value is -0.370. The van der Waals surface area contributed by atoms with Gasteiger partial charge in [-0.3, -0.25) is 0 Å². The van der Waals surface area contributed by atoms with Gasteiger partial charge in [-0.2, -0.15) is 0 Å². The van der Waals surface area contributed by atoms with Crippen molar-refractivity contribution in [3.63, 3.8) is 0 Å². The van der Waals surface area contributed by atoms with Crippen LogP contribution in [0.2, 0.25) is 0 Å². The molecule has 0 bridgehead atoms. The van der Waals surface area contributed by atoms with E-state index >= 15 is 0 Å². The van der Waals surface area contributed by atoms with Crippen LogP contribution in [0.25, 0.3) is 0 Å². The molecule has 2 heteroatoms. The van der Waals surface area contributed by atoms with Crippen molar-refractivity contribution in [1.29, 1.82) is 0 Å². The first kappa shape index (κ1) is 8.72. The molecule has 1 atom stereocenters. The Morgan fingerprint density at radius 3 is 3.00 bits per heavy atom. The summed E-state index contributed by atoms with van der Waals surface area (Å²) in [6.07, 6.45) is 3.75. The van der Waals surface area contributed by atoms with E-state index in [2.05, 4.69) is 24.2 Å². The predicted octanol–water partition coefficient (Wildman–Crippen LogP) is 3.12. The van der Waals surface area contributed by atoms with Crippen LogP contribution in [-0.4, -0.2) is 4.98 Å². The molecule has 0 spiro atoms. The number of hydrogen-bond acceptors (Lipinski definition) is 2. The third-order valence-corrected chi connectivity index (χ3v) is 2.46. The van der Waals surface area contributed by atoms with Crippen molar-refractivity contribution >= 4 is 11.3 Å². The number of rotatable bonds is 4. The third-order valence-electron chi connectivity index (χ3n) is 1.82. The lowest BCUT2D eigenvalue weighted by atomic mass is 10.0. The van der Waals surface area contributed by atoms with E-state index in [9.17, 15) is 0 Å². The first-order valence-corrected chi connectivity index (χ1v) is 5.14. The number of nitrogens with zero attached hydrogens (tertiary/aromatic N) is 1. The predicted molar refractivity (Wildman–Crippen MR) is 49.9 cm³/mol. The minimum atomic E-state index is 0.794. The Bertz CT molecular complexity index is 181. The minimum absolute atomic E-state index is 0.794. The van der Waals surface area contributed by atoms with Crippen molar-refractivity contribution in [2.75, 3.05) is 0 Å². The summed E-state index contributed by atoms with van der Waals surface area (Å²) in [5.41, 5.74) is 3.17. The smallest absolute Gasteiger partial charge is 0.0794 e. The van der Waals surface area contributed by atoms with Gasteiger partial charge in [0.25, 0.3) is 0 Å². The summed E-state index contributed by atoms with van der Waals surface area (Å²) in [4.78, 5) is 4.26. The number of aromatic nitrogens is 1. The van der Waals surface area contributed by atoms with Crippen LogP contribution in [0, 0.1) is 5.92 Å². The van der Waals surface area contributed by atoms with Crippen LogP contribution < -0.4 is 0 Å². The van der Waals surface area contributed by atoms with Gasteiger partial charge in [0, 0.05) is 5.38 Å². The van der Waals surface area contributed by atoms with Crippen LogP contribution in [0.5, 0.6) is 0 Å². The molecule has 1 aromatic heterocycles. The quantitative estimate of drug-likeness (QED) is 0.675. The molecule has 1 rings (SSSR count). The van der Waals surface area contributed by atoms with E-state index in [1.807, 2.05) is 5.51 Å². The second kappa shape index (κ2) is 4.50. The summed E-state index contributed by atoms with van der Waals surface area (Å²) in [5, 5.41) is 2.14. The Kier molecular flexibility index (Phi) is 3.57. The highest BCUT2D eigenvalue weighted by Gasteiger charge is 2.02. The molecule has 0 radical (unpaired) electrons. The fraction of sp³-hybridized carbons (Fsp3) is 0.667. The highest BCUT2D eigenvalue weighted by atomic mass is 32.1. The zero-order valence-electron chi connectivity index (χ0n) is 7.21. The van der Waals surface area contributed by atoms with Crippen LogP contribution in [0.4, 0.5) is 0 Å². The lowest BCUT2D eigenvalue weighted by Crippen LogP contribution is -1.98. The first-order chi connectivity index (χ1) is 5.33.